The molecule has 12 heteroatoms. The second-order valence-corrected chi connectivity index (χ2v) is 11.9. The van der Waals surface area contributed by atoms with E-state index in [4.69, 9.17) is 27.1 Å². The van der Waals surface area contributed by atoms with E-state index in [1.165, 1.54) is 4.90 Å². The van der Waals surface area contributed by atoms with Crippen LogP contribution in [0.15, 0.2) is 65.8 Å². The Morgan fingerprint density at radius 3 is 2.49 bits per heavy atom. The molecule has 224 valence electrons. The van der Waals surface area contributed by atoms with Gasteiger partial charge in [0.25, 0.3) is 0 Å². The fourth-order valence-corrected chi connectivity index (χ4v) is 5.34. The fourth-order valence-electron chi connectivity index (χ4n) is 5.21. The zero-order valence-electron chi connectivity index (χ0n) is 24.1. The molecule has 0 spiro atoms. The van der Waals surface area contributed by atoms with Crippen LogP contribution in [0.2, 0.25) is 5.02 Å². The summed E-state index contributed by atoms with van der Waals surface area (Å²) < 4.78 is 6.32. The predicted octanol–water partition coefficient (Wildman–Crippen LogP) is 4.00. The molecule has 4 N–H and O–H groups in total. The molecule has 2 aromatic carbocycles. The number of amides is 4. The number of aromatic nitrogens is 1. The lowest BCUT2D eigenvalue weighted by molar-refractivity contribution is -0.123. The van der Waals surface area contributed by atoms with Crippen LogP contribution in [-0.2, 0) is 9.59 Å². The molecule has 4 amide bonds. The van der Waals surface area contributed by atoms with Crippen molar-refractivity contribution < 1.29 is 23.9 Å². The monoisotopic (exact) mass is 604 g/mol. The first kappa shape index (κ1) is 29.8. The number of urea groups is 1. The van der Waals surface area contributed by atoms with Crippen molar-refractivity contribution in [1.82, 2.24) is 20.1 Å². The van der Waals surface area contributed by atoms with Gasteiger partial charge in [0.05, 0.1) is 12.0 Å². The van der Waals surface area contributed by atoms with Crippen molar-refractivity contribution in [2.24, 2.45) is 10.7 Å². The zero-order valence-corrected chi connectivity index (χ0v) is 24.9. The van der Waals surface area contributed by atoms with Gasteiger partial charge in [0.1, 0.15) is 35.8 Å². The van der Waals surface area contributed by atoms with Crippen LogP contribution >= 0.6 is 11.6 Å². The minimum absolute atomic E-state index is 0.0996. The highest BCUT2D eigenvalue weighted by Gasteiger charge is 2.45. The first-order valence-corrected chi connectivity index (χ1v) is 14.3. The molecule has 1 saturated heterocycles. The highest BCUT2D eigenvalue weighted by Crippen LogP contribution is 2.45. The summed E-state index contributed by atoms with van der Waals surface area (Å²) in [6.07, 6.45) is 1.32. The lowest BCUT2D eigenvalue weighted by atomic mass is 9.97. The number of aliphatic imine (C=N–C) groups is 1. The third kappa shape index (κ3) is 6.56. The maximum atomic E-state index is 14.4. The van der Waals surface area contributed by atoms with Crippen molar-refractivity contribution in [3.63, 3.8) is 0 Å². The molecule has 5 rings (SSSR count). The van der Waals surface area contributed by atoms with Gasteiger partial charge < -0.3 is 25.7 Å². The van der Waals surface area contributed by atoms with E-state index in [0.717, 1.165) is 11.3 Å². The van der Waals surface area contributed by atoms with Crippen molar-refractivity contribution in [3.8, 4) is 5.75 Å². The molecule has 2 aliphatic rings. The summed E-state index contributed by atoms with van der Waals surface area (Å²) in [7, 11) is 0. The van der Waals surface area contributed by atoms with Gasteiger partial charge in [0, 0.05) is 35.6 Å². The number of primary amides is 1. The number of ether oxygens (including phenoxy) is 1. The summed E-state index contributed by atoms with van der Waals surface area (Å²) in [6, 6.07) is 14.2. The molecule has 0 aliphatic carbocycles. The van der Waals surface area contributed by atoms with E-state index < -0.39 is 41.8 Å². The molecule has 2 aliphatic heterocycles. The smallest absolute Gasteiger partial charge is 0.326 e. The Hall–Kier alpha value is -4.64. The maximum absolute atomic E-state index is 14.4. The van der Waals surface area contributed by atoms with E-state index in [2.05, 4.69) is 10.3 Å². The molecule has 2 unspecified atom stereocenters. The standard InChI is InChI=1S/C31H33ClN6O5/c1-31(2,3)43-24-15-19(23(39)16-25(33)40)8-11-21(24)29-36-27(18-6-9-20(32)10-7-18)28(22-5-4-12-34-22)38(29)30(42)37-14-13-35-26(41)17-37/h4-12,15,27-28,34H,13-14,16-17H2,1-3H3,(H2,33,40)(H,35,41). The lowest BCUT2D eigenvalue weighted by Gasteiger charge is -2.35. The molecule has 3 aromatic rings. The van der Waals surface area contributed by atoms with E-state index in [0.29, 0.717) is 35.3 Å². The van der Waals surface area contributed by atoms with Crippen LogP contribution in [-0.4, -0.2) is 69.5 Å². The number of benzene rings is 2. The van der Waals surface area contributed by atoms with Crippen molar-refractivity contribution in [1.29, 1.82) is 0 Å². The van der Waals surface area contributed by atoms with Gasteiger partial charge in [-0.2, -0.15) is 0 Å². The van der Waals surface area contributed by atoms with Crippen LogP contribution in [0, 0.1) is 0 Å². The molecule has 2 atom stereocenters. The van der Waals surface area contributed by atoms with Crippen molar-refractivity contribution in [3.05, 3.63) is 88.2 Å². The van der Waals surface area contributed by atoms with Gasteiger partial charge >= 0.3 is 6.03 Å². The molecule has 0 radical (unpaired) electrons. The molecule has 0 saturated carbocycles. The number of aromatic amines is 1. The minimum atomic E-state index is -0.741. The van der Waals surface area contributed by atoms with Crippen LogP contribution in [0.3, 0.4) is 0 Å². The molecular formula is C31H33ClN6O5. The van der Waals surface area contributed by atoms with E-state index in [1.807, 2.05) is 45.0 Å². The number of halogens is 1. The number of Topliss-reactive ketones (excluding diaryl/α,β-unsaturated/α-hetero) is 1. The Morgan fingerprint density at radius 2 is 1.86 bits per heavy atom. The third-order valence-electron chi connectivity index (χ3n) is 7.03. The van der Waals surface area contributed by atoms with Gasteiger partial charge in [-0.05, 0) is 62.7 Å². The van der Waals surface area contributed by atoms with Crippen LogP contribution in [0.25, 0.3) is 0 Å². The Balaban J connectivity index is 1.69. The van der Waals surface area contributed by atoms with Gasteiger partial charge in [-0.25, -0.2) is 4.79 Å². The van der Waals surface area contributed by atoms with E-state index >= 15 is 0 Å². The van der Waals surface area contributed by atoms with E-state index in [-0.39, 0.29) is 18.0 Å². The van der Waals surface area contributed by atoms with Gasteiger partial charge in [-0.1, -0.05) is 29.8 Å². The number of nitrogens with zero attached hydrogens (tertiary/aromatic N) is 3. The van der Waals surface area contributed by atoms with Crippen LogP contribution in [0.4, 0.5) is 4.79 Å². The molecule has 1 aromatic heterocycles. The van der Waals surface area contributed by atoms with E-state index in [9.17, 15) is 19.2 Å². The number of hydrogen-bond donors (Lipinski definition) is 3. The molecule has 0 bridgehead atoms. The normalized spacial score (nSPS) is 18.7. The number of hydrogen-bond acceptors (Lipinski definition) is 6. The highest BCUT2D eigenvalue weighted by atomic mass is 35.5. The Morgan fingerprint density at radius 1 is 1.12 bits per heavy atom. The average molecular weight is 605 g/mol. The predicted molar refractivity (Wildman–Crippen MR) is 161 cm³/mol. The number of nitrogens with one attached hydrogen (secondary N) is 2. The van der Waals surface area contributed by atoms with E-state index in [1.54, 1.807) is 41.4 Å². The van der Waals surface area contributed by atoms with Crippen LogP contribution < -0.4 is 15.8 Å². The molecule has 3 heterocycles. The summed E-state index contributed by atoms with van der Waals surface area (Å²) in [6.45, 7) is 6.13. The minimum Gasteiger partial charge on any atom is -0.487 e. The molecule has 43 heavy (non-hydrogen) atoms. The zero-order chi connectivity index (χ0) is 30.9. The summed E-state index contributed by atoms with van der Waals surface area (Å²) >= 11 is 6.20. The molecular weight excluding hydrogens is 572 g/mol. The Bertz CT molecular complexity index is 1580. The first-order chi connectivity index (χ1) is 20.4. The Kier molecular flexibility index (Phi) is 8.27. The number of nitrogens with two attached hydrogens (primary N) is 1. The lowest BCUT2D eigenvalue weighted by Crippen LogP contribution is -2.55. The first-order valence-electron chi connectivity index (χ1n) is 13.9. The van der Waals surface area contributed by atoms with Crippen LogP contribution in [0.5, 0.6) is 5.75 Å². The summed E-state index contributed by atoms with van der Waals surface area (Å²) in [5.74, 6) is -0.838. The second-order valence-electron chi connectivity index (χ2n) is 11.4. The number of piperazine rings is 1. The number of H-pyrrole nitrogens is 1. The van der Waals surface area contributed by atoms with Gasteiger partial charge in [-0.15, -0.1) is 0 Å². The summed E-state index contributed by atoms with van der Waals surface area (Å²) in [5.41, 5.74) is 6.85. The van der Waals surface area contributed by atoms with Crippen LogP contribution in [0.1, 0.15) is 66.5 Å². The highest BCUT2D eigenvalue weighted by molar-refractivity contribution is 6.30. The van der Waals surface area contributed by atoms with Crippen molar-refractivity contribution in [2.45, 2.75) is 44.9 Å². The Labute approximate surface area is 254 Å². The second kappa shape index (κ2) is 11.9. The SMILES string of the molecule is CC(C)(C)Oc1cc(C(=O)CC(N)=O)ccc1C1=NC(c2ccc(Cl)cc2)C(c2ccc[nH]2)N1C(=O)N1CCNC(=O)C1. The van der Waals surface area contributed by atoms with Gasteiger partial charge in [-0.3, -0.25) is 24.3 Å². The maximum Gasteiger partial charge on any atom is 0.326 e. The number of carbonyl (C=O) groups is 4. The molecule has 11 nitrogen and oxygen atoms in total. The fraction of sp³-hybridized carbons (Fsp3) is 0.323. The summed E-state index contributed by atoms with van der Waals surface area (Å²) in [4.78, 5) is 62.4. The largest absolute Gasteiger partial charge is 0.487 e. The summed E-state index contributed by atoms with van der Waals surface area (Å²) in [5, 5.41) is 3.32. The molecule has 1 fully saturated rings. The van der Waals surface area contributed by atoms with Crippen molar-refractivity contribution in [2.75, 3.05) is 19.6 Å². The van der Waals surface area contributed by atoms with Crippen molar-refractivity contribution >= 4 is 41.1 Å². The van der Waals surface area contributed by atoms with Gasteiger partial charge in [0.15, 0.2) is 5.78 Å². The quantitative estimate of drug-likeness (QED) is 0.275. The average Bonchev–Trinajstić information content (AvgIpc) is 3.60. The third-order valence-corrected chi connectivity index (χ3v) is 7.28. The number of ketones is 1. The van der Waals surface area contributed by atoms with Gasteiger partial charge in [0.2, 0.25) is 11.8 Å². The number of amidine groups is 1. The number of rotatable bonds is 7. The number of carbonyl (C=O) groups excluding carboxylic acids is 4. The topological polar surface area (TPSA) is 150 Å².